The Morgan fingerprint density at radius 3 is 2.44 bits per heavy atom. The number of anilines is 1. The summed E-state index contributed by atoms with van der Waals surface area (Å²) in [6.07, 6.45) is 3.21. The van der Waals surface area contributed by atoms with E-state index in [2.05, 4.69) is 20.6 Å². The second-order valence-corrected chi connectivity index (χ2v) is 7.76. The number of hydrogen-bond donors (Lipinski definition) is 1. The number of rotatable bonds is 5. The molecule has 11 heteroatoms. The Bertz CT molecular complexity index is 1630. The molecule has 0 atom stereocenters. The molecule has 0 saturated carbocycles. The predicted octanol–water partition coefficient (Wildman–Crippen LogP) is 1.32. The maximum absolute atomic E-state index is 12.6. The molecule has 3 aromatic heterocycles. The van der Waals surface area contributed by atoms with E-state index in [1.165, 1.54) is 29.6 Å². The standard InChI is InChI=1S/C23H20N8O3/c1-28-21-20(22(33)29(2)23(28)34)30(14-24-21)13-19(32)25-16-10-8-15(9-11-16)18-12-31(27-26-18)17-6-4-3-5-7-17/h3-12,14H,13H2,1-2H3,(H,25,32). The van der Waals surface area contributed by atoms with Crippen LogP contribution in [-0.2, 0) is 25.4 Å². The number of aryl methyl sites for hydroxylation is 1. The number of para-hydroxylation sites is 1. The van der Waals surface area contributed by atoms with Gasteiger partial charge in [0.2, 0.25) is 5.91 Å². The molecule has 0 aliphatic heterocycles. The predicted molar refractivity (Wildman–Crippen MR) is 126 cm³/mol. The minimum atomic E-state index is -0.503. The Kier molecular flexibility index (Phi) is 5.13. The molecular formula is C23H20N8O3. The van der Waals surface area contributed by atoms with Crippen LogP contribution in [-0.4, -0.2) is 39.6 Å². The highest BCUT2D eigenvalue weighted by atomic mass is 16.2. The van der Waals surface area contributed by atoms with Crippen molar-refractivity contribution in [2.24, 2.45) is 14.1 Å². The number of fused-ring (bicyclic) bond motifs is 1. The first-order chi connectivity index (χ1) is 16.4. The van der Waals surface area contributed by atoms with Gasteiger partial charge < -0.3 is 9.88 Å². The highest BCUT2D eigenvalue weighted by Gasteiger charge is 2.16. The minimum Gasteiger partial charge on any atom is -0.325 e. The molecule has 0 unspecified atom stereocenters. The summed E-state index contributed by atoms with van der Waals surface area (Å²) in [5, 5.41) is 11.2. The summed E-state index contributed by atoms with van der Waals surface area (Å²) in [5.41, 5.74) is 2.50. The Morgan fingerprint density at radius 1 is 0.971 bits per heavy atom. The Hall–Kier alpha value is -4.80. The molecular weight excluding hydrogens is 436 g/mol. The van der Waals surface area contributed by atoms with Crippen molar-refractivity contribution in [1.29, 1.82) is 0 Å². The topological polar surface area (TPSA) is 122 Å². The number of amides is 1. The summed E-state index contributed by atoms with van der Waals surface area (Å²) in [6.45, 7) is -0.128. The van der Waals surface area contributed by atoms with Gasteiger partial charge in [-0.2, -0.15) is 0 Å². The van der Waals surface area contributed by atoms with Crippen molar-refractivity contribution in [3.63, 3.8) is 0 Å². The molecule has 0 spiro atoms. The molecule has 3 heterocycles. The molecule has 5 rings (SSSR count). The van der Waals surface area contributed by atoms with Crippen LogP contribution in [0.15, 0.2) is 76.7 Å². The van der Waals surface area contributed by atoms with Gasteiger partial charge in [0.15, 0.2) is 11.2 Å². The van der Waals surface area contributed by atoms with E-state index in [9.17, 15) is 14.4 Å². The molecule has 34 heavy (non-hydrogen) atoms. The largest absolute Gasteiger partial charge is 0.332 e. The maximum atomic E-state index is 12.6. The summed E-state index contributed by atoms with van der Waals surface area (Å²) >= 11 is 0. The lowest BCUT2D eigenvalue weighted by molar-refractivity contribution is -0.116. The molecule has 170 valence electrons. The van der Waals surface area contributed by atoms with Crippen molar-refractivity contribution >= 4 is 22.8 Å². The monoisotopic (exact) mass is 456 g/mol. The molecule has 0 radical (unpaired) electrons. The fourth-order valence-electron chi connectivity index (χ4n) is 3.70. The van der Waals surface area contributed by atoms with E-state index >= 15 is 0 Å². The van der Waals surface area contributed by atoms with Gasteiger partial charge in [0.1, 0.15) is 12.2 Å². The SMILES string of the molecule is Cn1c(=O)c2c(ncn2CC(=O)Nc2ccc(-c3cn(-c4ccccc4)nn3)cc2)n(C)c1=O. The highest BCUT2D eigenvalue weighted by molar-refractivity contribution is 5.91. The summed E-state index contributed by atoms with van der Waals surface area (Å²) in [7, 11) is 2.92. The fraction of sp³-hybridized carbons (Fsp3) is 0.130. The summed E-state index contributed by atoms with van der Waals surface area (Å²) < 4.78 is 5.40. The van der Waals surface area contributed by atoms with Crippen molar-refractivity contribution < 1.29 is 4.79 Å². The number of hydrogen-bond acceptors (Lipinski definition) is 6. The molecule has 5 aromatic rings. The van der Waals surface area contributed by atoms with Gasteiger partial charge in [0.05, 0.1) is 18.2 Å². The minimum absolute atomic E-state index is 0.128. The molecule has 0 saturated heterocycles. The number of nitrogens with one attached hydrogen (secondary N) is 1. The lowest BCUT2D eigenvalue weighted by Crippen LogP contribution is -2.37. The van der Waals surface area contributed by atoms with E-state index in [1.54, 1.807) is 16.8 Å². The van der Waals surface area contributed by atoms with Crippen LogP contribution in [0.4, 0.5) is 5.69 Å². The van der Waals surface area contributed by atoms with Gasteiger partial charge in [-0.25, -0.2) is 14.5 Å². The van der Waals surface area contributed by atoms with Crippen molar-refractivity contribution in [3.8, 4) is 16.9 Å². The van der Waals surface area contributed by atoms with Crippen LogP contribution in [0.3, 0.4) is 0 Å². The van der Waals surface area contributed by atoms with Gasteiger partial charge in [-0.1, -0.05) is 35.5 Å². The summed E-state index contributed by atoms with van der Waals surface area (Å²) in [6, 6.07) is 16.9. The van der Waals surface area contributed by atoms with Crippen LogP contribution >= 0.6 is 0 Å². The van der Waals surface area contributed by atoms with E-state index in [1.807, 2.05) is 48.7 Å². The Morgan fingerprint density at radius 2 is 1.71 bits per heavy atom. The average molecular weight is 456 g/mol. The highest BCUT2D eigenvalue weighted by Crippen LogP contribution is 2.20. The van der Waals surface area contributed by atoms with E-state index < -0.39 is 11.2 Å². The molecule has 0 aliphatic rings. The first-order valence-electron chi connectivity index (χ1n) is 10.4. The first-order valence-corrected chi connectivity index (χ1v) is 10.4. The third-order valence-corrected chi connectivity index (χ3v) is 5.51. The zero-order chi connectivity index (χ0) is 23.8. The lowest BCUT2D eigenvalue weighted by atomic mass is 10.1. The number of aromatic nitrogens is 7. The van der Waals surface area contributed by atoms with Crippen LogP contribution in [0.25, 0.3) is 28.1 Å². The van der Waals surface area contributed by atoms with Crippen LogP contribution in [0.2, 0.25) is 0 Å². The van der Waals surface area contributed by atoms with Crippen molar-refractivity contribution in [3.05, 3.63) is 88.0 Å². The summed E-state index contributed by atoms with van der Waals surface area (Å²) in [4.78, 5) is 41.4. The molecule has 0 bridgehead atoms. The normalized spacial score (nSPS) is 11.1. The van der Waals surface area contributed by atoms with Gasteiger partial charge in [-0.15, -0.1) is 5.10 Å². The summed E-state index contributed by atoms with van der Waals surface area (Å²) in [5.74, 6) is -0.335. The number of carbonyl (C=O) groups excluding carboxylic acids is 1. The van der Waals surface area contributed by atoms with Crippen LogP contribution in [0, 0.1) is 0 Å². The molecule has 0 aliphatic carbocycles. The smallest absolute Gasteiger partial charge is 0.325 e. The second-order valence-electron chi connectivity index (χ2n) is 7.76. The second kappa shape index (κ2) is 8.28. The van der Waals surface area contributed by atoms with Crippen molar-refractivity contribution in [1.82, 2.24) is 33.7 Å². The molecule has 0 fully saturated rings. The van der Waals surface area contributed by atoms with E-state index in [0.29, 0.717) is 11.4 Å². The Balaban J connectivity index is 1.32. The van der Waals surface area contributed by atoms with E-state index in [0.717, 1.165) is 15.8 Å². The molecule has 11 nitrogen and oxygen atoms in total. The van der Waals surface area contributed by atoms with E-state index in [4.69, 9.17) is 0 Å². The van der Waals surface area contributed by atoms with Crippen molar-refractivity contribution in [2.45, 2.75) is 6.54 Å². The number of imidazole rings is 1. The first kappa shape index (κ1) is 21.1. The number of benzene rings is 2. The zero-order valence-corrected chi connectivity index (χ0v) is 18.4. The number of carbonyl (C=O) groups is 1. The number of nitrogens with zero attached hydrogens (tertiary/aromatic N) is 7. The fourth-order valence-corrected chi connectivity index (χ4v) is 3.70. The average Bonchev–Trinajstić information content (AvgIpc) is 3.50. The Labute approximate surface area is 192 Å². The van der Waals surface area contributed by atoms with E-state index in [-0.39, 0.29) is 23.6 Å². The lowest BCUT2D eigenvalue weighted by Gasteiger charge is -2.08. The van der Waals surface area contributed by atoms with Gasteiger partial charge >= 0.3 is 5.69 Å². The molecule has 1 amide bonds. The zero-order valence-electron chi connectivity index (χ0n) is 18.4. The van der Waals surface area contributed by atoms with Gasteiger partial charge in [-0.05, 0) is 24.3 Å². The quantitative estimate of drug-likeness (QED) is 0.426. The van der Waals surface area contributed by atoms with Gasteiger partial charge in [-0.3, -0.25) is 18.7 Å². The van der Waals surface area contributed by atoms with Crippen LogP contribution < -0.4 is 16.6 Å². The van der Waals surface area contributed by atoms with Crippen LogP contribution in [0.5, 0.6) is 0 Å². The third-order valence-electron chi connectivity index (χ3n) is 5.51. The van der Waals surface area contributed by atoms with Crippen molar-refractivity contribution in [2.75, 3.05) is 5.32 Å². The molecule has 2 aromatic carbocycles. The third kappa shape index (κ3) is 3.68. The van der Waals surface area contributed by atoms with Crippen LogP contribution in [0.1, 0.15) is 0 Å². The maximum Gasteiger partial charge on any atom is 0.332 e. The molecule has 1 N–H and O–H groups in total. The van der Waals surface area contributed by atoms with Gasteiger partial charge in [0, 0.05) is 25.3 Å². The van der Waals surface area contributed by atoms with Gasteiger partial charge in [0.25, 0.3) is 5.56 Å².